The molecule has 0 aliphatic heterocycles. The molecular formula is C57H89BrO4. The van der Waals surface area contributed by atoms with Crippen LogP contribution < -0.4 is 9.47 Å². The number of methoxy groups -OCH3 is 2. The molecule has 0 spiro atoms. The lowest BCUT2D eigenvalue weighted by molar-refractivity contribution is 0.0466. The van der Waals surface area contributed by atoms with E-state index in [1.807, 2.05) is 6.92 Å². The fourth-order valence-electron chi connectivity index (χ4n) is 7.26. The Labute approximate surface area is 390 Å². The number of allylic oxidation sites excluding steroid dienone is 18. The third kappa shape index (κ3) is 26.5. The molecule has 0 aliphatic carbocycles. The maximum atomic E-state index is 6.04. The highest BCUT2D eigenvalue weighted by molar-refractivity contribution is 9.10. The number of hydrogen-bond acceptors (Lipinski definition) is 4. The monoisotopic (exact) mass is 917 g/mol. The minimum atomic E-state index is 0.191. The molecule has 1 aromatic rings. The molecule has 0 bridgehead atoms. The summed E-state index contributed by atoms with van der Waals surface area (Å²) >= 11 is 3.80. The molecule has 0 saturated heterocycles. The molecule has 0 radical (unpaired) electrons. The Balaban J connectivity index is 2.42. The summed E-state index contributed by atoms with van der Waals surface area (Å²) < 4.78 is 23.3. The summed E-state index contributed by atoms with van der Waals surface area (Å²) in [5.74, 6) is 1.64. The van der Waals surface area contributed by atoms with Gasteiger partial charge in [-0.1, -0.05) is 105 Å². The van der Waals surface area contributed by atoms with Gasteiger partial charge < -0.3 is 18.9 Å². The highest BCUT2D eigenvalue weighted by atomic mass is 79.9. The van der Waals surface area contributed by atoms with Crippen LogP contribution >= 0.6 is 15.9 Å². The normalized spacial score (nSPS) is 13.9. The highest BCUT2D eigenvalue weighted by Crippen LogP contribution is 2.42. The van der Waals surface area contributed by atoms with Gasteiger partial charge in [-0.15, -0.1) is 0 Å². The van der Waals surface area contributed by atoms with Gasteiger partial charge in [-0.25, -0.2) is 0 Å². The Morgan fingerprint density at radius 3 is 0.935 bits per heavy atom. The first-order chi connectivity index (χ1) is 29.6. The third-order valence-corrected chi connectivity index (χ3v) is 12.4. The summed E-state index contributed by atoms with van der Waals surface area (Å²) in [5, 5.41) is 0. The predicted molar refractivity (Wildman–Crippen MR) is 276 cm³/mol. The summed E-state index contributed by atoms with van der Waals surface area (Å²) in [6.45, 7) is 27.1. The van der Waals surface area contributed by atoms with E-state index in [1.165, 1.54) is 69.4 Å². The van der Waals surface area contributed by atoms with E-state index in [0.717, 1.165) is 123 Å². The van der Waals surface area contributed by atoms with Gasteiger partial charge in [0, 0.05) is 19.8 Å². The molecule has 0 atom stereocenters. The van der Waals surface area contributed by atoms with Gasteiger partial charge in [0.1, 0.15) is 11.5 Å². The molecule has 1 aromatic carbocycles. The van der Waals surface area contributed by atoms with E-state index in [2.05, 4.69) is 147 Å². The molecule has 0 aliphatic rings. The zero-order valence-corrected chi connectivity index (χ0v) is 43.7. The molecule has 348 valence electrons. The summed E-state index contributed by atoms with van der Waals surface area (Å²) in [7, 11) is 3.27. The second kappa shape index (κ2) is 34.3. The number of benzene rings is 1. The van der Waals surface area contributed by atoms with Gasteiger partial charge in [-0.3, -0.25) is 0 Å². The van der Waals surface area contributed by atoms with Crippen LogP contribution in [0.3, 0.4) is 0 Å². The first-order valence-corrected chi connectivity index (χ1v) is 24.3. The fourth-order valence-corrected chi connectivity index (χ4v) is 8.01. The van der Waals surface area contributed by atoms with Crippen molar-refractivity contribution >= 4 is 15.9 Å². The number of rotatable bonds is 32. The van der Waals surface area contributed by atoms with E-state index in [9.17, 15) is 0 Å². The summed E-state index contributed by atoms with van der Waals surface area (Å²) in [6.07, 6.45) is 40.7. The minimum absolute atomic E-state index is 0.191. The van der Waals surface area contributed by atoms with Crippen LogP contribution in [0.15, 0.2) is 109 Å². The zero-order valence-electron chi connectivity index (χ0n) is 42.1. The van der Waals surface area contributed by atoms with Crippen LogP contribution in [0.25, 0.3) is 0 Å². The van der Waals surface area contributed by atoms with E-state index >= 15 is 0 Å². The van der Waals surface area contributed by atoms with Crippen LogP contribution in [0, 0.1) is 13.8 Å². The molecule has 0 unspecified atom stereocenters. The Morgan fingerprint density at radius 2 is 0.645 bits per heavy atom. The predicted octanol–water partition coefficient (Wildman–Crippen LogP) is 18.4. The zero-order chi connectivity index (χ0) is 46.3. The molecule has 0 heterocycles. The molecule has 62 heavy (non-hydrogen) atoms. The maximum absolute atomic E-state index is 6.04. The molecule has 0 fully saturated rings. The second-order valence-corrected chi connectivity index (χ2v) is 18.8. The van der Waals surface area contributed by atoms with Crippen molar-refractivity contribution in [2.24, 2.45) is 0 Å². The van der Waals surface area contributed by atoms with Crippen molar-refractivity contribution in [3.05, 3.63) is 126 Å². The van der Waals surface area contributed by atoms with Crippen molar-refractivity contribution in [1.82, 2.24) is 0 Å². The van der Waals surface area contributed by atoms with E-state index in [0.29, 0.717) is 0 Å². The lowest BCUT2D eigenvalue weighted by Crippen LogP contribution is -2.08. The largest absolute Gasteiger partial charge is 0.467 e. The maximum Gasteiger partial charge on any atom is 0.188 e. The topological polar surface area (TPSA) is 36.9 Å². The Bertz CT molecular complexity index is 1750. The van der Waals surface area contributed by atoms with Crippen LogP contribution in [0.2, 0.25) is 0 Å². The van der Waals surface area contributed by atoms with E-state index in [4.69, 9.17) is 18.9 Å². The quantitative estimate of drug-likeness (QED) is 0.0533. The molecule has 0 amide bonds. The molecule has 5 heteroatoms. The van der Waals surface area contributed by atoms with Crippen molar-refractivity contribution < 1.29 is 18.9 Å². The van der Waals surface area contributed by atoms with Gasteiger partial charge in [0.05, 0.1) is 4.47 Å². The van der Waals surface area contributed by atoms with E-state index in [1.54, 1.807) is 14.2 Å². The summed E-state index contributed by atoms with van der Waals surface area (Å²) in [4.78, 5) is 0. The lowest BCUT2D eigenvalue weighted by atomic mass is 9.99. The Hall–Kier alpha value is -3.12. The van der Waals surface area contributed by atoms with Crippen LogP contribution in [0.5, 0.6) is 11.5 Å². The van der Waals surface area contributed by atoms with Gasteiger partial charge in [0.2, 0.25) is 0 Å². The fraction of sp³-hybridized carbons (Fsp3) is 0.579. The van der Waals surface area contributed by atoms with E-state index < -0.39 is 0 Å². The Morgan fingerprint density at radius 1 is 0.387 bits per heavy atom. The average molecular weight is 918 g/mol. The first-order valence-electron chi connectivity index (χ1n) is 23.5. The molecule has 0 aromatic heterocycles. The third-order valence-electron chi connectivity index (χ3n) is 11.6. The molecule has 4 nitrogen and oxygen atoms in total. The number of ether oxygens (including phenoxy) is 4. The smallest absolute Gasteiger partial charge is 0.188 e. The lowest BCUT2D eigenvalue weighted by Gasteiger charge is -2.21. The molecular weight excluding hydrogens is 829 g/mol. The van der Waals surface area contributed by atoms with Gasteiger partial charge in [-0.2, -0.15) is 0 Å². The van der Waals surface area contributed by atoms with Crippen LogP contribution in [0.4, 0.5) is 0 Å². The van der Waals surface area contributed by atoms with Crippen molar-refractivity contribution in [1.29, 1.82) is 0 Å². The summed E-state index contributed by atoms with van der Waals surface area (Å²) in [5.41, 5.74) is 16.5. The van der Waals surface area contributed by atoms with Gasteiger partial charge in [0.25, 0.3) is 0 Å². The van der Waals surface area contributed by atoms with Gasteiger partial charge in [0.15, 0.2) is 13.6 Å². The standard InChI is InChI=1S/C57H89BrO4/c1-43(2)23-15-24-44(3)25-16-26-45(4)27-17-28-46(5)29-18-30-47(6)31-19-32-48(7)33-20-34-49(8)35-21-36-50(9)37-22-38-51(10)39-40-54-55(58)57(62-42-60-14)53(12)52(11)56(54)61-41-59-13/h23,25,27,29,31,33,35,37,39H,15-22,24,26,28,30,32,34,36,38,40-42H2,1-14H3/b44-25+,45-27+,46-29+,47-31+,48-33+,49-35+,50-37+,51-39+. The molecule has 0 saturated carbocycles. The van der Waals surface area contributed by atoms with Crippen molar-refractivity contribution in [3.63, 3.8) is 0 Å². The highest BCUT2D eigenvalue weighted by Gasteiger charge is 2.20. The van der Waals surface area contributed by atoms with Crippen molar-refractivity contribution in [2.75, 3.05) is 27.8 Å². The average Bonchev–Trinajstić information content (AvgIpc) is 3.21. The number of hydrogen-bond donors (Lipinski definition) is 0. The van der Waals surface area contributed by atoms with E-state index in [-0.39, 0.29) is 13.6 Å². The summed E-state index contributed by atoms with van der Waals surface area (Å²) in [6, 6.07) is 0. The Kier molecular flexibility index (Phi) is 31.5. The van der Waals surface area contributed by atoms with Gasteiger partial charge >= 0.3 is 0 Å². The first kappa shape index (κ1) is 56.9. The van der Waals surface area contributed by atoms with Crippen LogP contribution in [-0.4, -0.2) is 27.8 Å². The van der Waals surface area contributed by atoms with Crippen molar-refractivity contribution in [3.8, 4) is 11.5 Å². The second-order valence-electron chi connectivity index (χ2n) is 18.0. The molecule has 1 rings (SSSR count). The molecule has 0 N–H and O–H groups in total. The van der Waals surface area contributed by atoms with Gasteiger partial charge in [-0.05, 0) is 219 Å². The van der Waals surface area contributed by atoms with Crippen LogP contribution in [-0.2, 0) is 15.9 Å². The van der Waals surface area contributed by atoms with Crippen LogP contribution in [0.1, 0.15) is 189 Å². The number of halogens is 1. The minimum Gasteiger partial charge on any atom is -0.467 e. The van der Waals surface area contributed by atoms with Crippen molar-refractivity contribution in [2.45, 2.75) is 192 Å². The SMILES string of the molecule is COCOc1c(C)c(C)c(OCOC)c(C/C=C(\C)CC/C=C(\C)CC/C=C(\C)CC/C=C(\C)CC/C=C(\C)CC/C=C(\C)CC/C=C(\C)CC/C=C(\C)CCC=C(C)C)c1Br.